The van der Waals surface area contributed by atoms with Crippen LogP contribution in [0.4, 0.5) is 5.69 Å². The number of carbonyl (C=O) groups excluding carboxylic acids is 2. The van der Waals surface area contributed by atoms with Crippen LogP contribution in [0.2, 0.25) is 0 Å². The van der Waals surface area contributed by atoms with E-state index in [1.165, 1.54) is 17.8 Å². The SMILES string of the molecule is CCC(C)NC(=O)c1cc(C(=O)Nc2ccc(C)c(C)c2)ccn1. The van der Waals surface area contributed by atoms with Gasteiger partial charge >= 0.3 is 0 Å². The van der Waals surface area contributed by atoms with Crippen LogP contribution < -0.4 is 10.6 Å². The van der Waals surface area contributed by atoms with Crippen molar-refractivity contribution in [3.8, 4) is 0 Å². The van der Waals surface area contributed by atoms with Crippen LogP contribution in [0.3, 0.4) is 0 Å². The molecule has 0 saturated carbocycles. The normalized spacial score (nSPS) is 11.7. The lowest BCUT2D eigenvalue weighted by atomic mass is 10.1. The monoisotopic (exact) mass is 325 g/mol. The molecule has 2 amide bonds. The summed E-state index contributed by atoms with van der Waals surface area (Å²) in [4.78, 5) is 28.6. The molecule has 0 radical (unpaired) electrons. The number of nitrogens with zero attached hydrogens (tertiary/aromatic N) is 1. The quantitative estimate of drug-likeness (QED) is 0.884. The summed E-state index contributed by atoms with van der Waals surface area (Å²) in [5.41, 5.74) is 3.64. The number of carbonyl (C=O) groups is 2. The third-order valence-corrected chi connectivity index (χ3v) is 4.01. The minimum Gasteiger partial charge on any atom is -0.348 e. The Kier molecular flexibility index (Phi) is 5.68. The van der Waals surface area contributed by atoms with E-state index in [-0.39, 0.29) is 23.6 Å². The molecule has 2 N–H and O–H groups in total. The Hall–Kier alpha value is -2.69. The van der Waals surface area contributed by atoms with E-state index in [4.69, 9.17) is 0 Å². The second kappa shape index (κ2) is 7.73. The molecule has 0 spiro atoms. The van der Waals surface area contributed by atoms with E-state index in [9.17, 15) is 9.59 Å². The molecule has 1 atom stereocenters. The third-order valence-electron chi connectivity index (χ3n) is 4.01. The molecule has 1 unspecified atom stereocenters. The van der Waals surface area contributed by atoms with E-state index < -0.39 is 0 Å². The fourth-order valence-corrected chi connectivity index (χ4v) is 2.12. The second-order valence-corrected chi connectivity index (χ2v) is 5.97. The molecular formula is C19H23N3O2. The van der Waals surface area contributed by atoms with Crippen LogP contribution in [0.1, 0.15) is 52.2 Å². The standard InChI is InChI=1S/C19H23N3O2/c1-5-14(4)21-19(24)17-11-15(8-9-20-17)18(23)22-16-7-6-12(2)13(3)10-16/h6-11,14H,5H2,1-4H3,(H,21,24)(H,22,23). The van der Waals surface area contributed by atoms with Crippen LogP contribution in [0.5, 0.6) is 0 Å². The highest BCUT2D eigenvalue weighted by atomic mass is 16.2. The van der Waals surface area contributed by atoms with E-state index in [1.807, 2.05) is 45.9 Å². The molecule has 0 aliphatic rings. The van der Waals surface area contributed by atoms with Crippen molar-refractivity contribution in [2.24, 2.45) is 0 Å². The van der Waals surface area contributed by atoms with Gasteiger partial charge in [0.15, 0.2) is 0 Å². The van der Waals surface area contributed by atoms with Crippen LogP contribution in [0, 0.1) is 13.8 Å². The van der Waals surface area contributed by atoms with Crippen molar-refractivity contribution in [3.05, 3.63) is 58.9 Å². The van der Waals surface area contributed by atoms with Crippen molar-refractivity contribution >= 4 is 17.5 Å². The van der Waals surface area contributed by atoms with Crippen LogP contribution >= 0.6 is 0 Å². The van der Waals surface area contributed by atoms with Gasteiger partial charge in [-0.3, -0.25) is 14.6 Å². The van der Waals surface area contributed by atoms with Gasteiger partial charge in [-0.05, 0) is 62.6 Å². The summed E-state index contributed by atoms with van der Waals surface area (Å²) < 4.78 is 0. The van der Waals surface area contributed by atoms with E-state index >= 15 is 0 Å². The van der Waals surface area contributed by atoms with Gasteiger partial charge in [0.05, 0.1) is 0 Å². The summed E-state index contributed by atoms with van der Waals surface area (Å²) in [7, 11) is 0. The van der Waals surface area contributed by atoms with Crippen molar-refractivity contribution in [1.82, 2.24) is 10.3 Å². The van der Waals surface area contributed by atoms with Crippen LogP contribution in [0.25, 0.3) is 0 Å². The molecule has 0 bridgehead atoms. The number of aryl methyl sites for hydroxylation is 2. The van der Waals surface area contributed by atoms with Gasteiger partial charge in [-0.15, -0.1) is 0 Å². The molecular weight excluding hydrogens is 302 g/mol. The maximum atomic E-state index is 12.4. The molecule has 0 fully saturated rings. The smallest absolute Gasteiger partial charge is 0.270 e. The fourth-order valence-electron chi connectivity index (χ4n) is 2.12. The number of hydrogen-bond acceptors (Lipinski definition) is 3. The molecule has 24 heavy (non-hydrogen) atoms. The highest BCUT2D eigenvalue weighted by molar-refractivity contribution is 6.05. The van der Waals surface area contributed by atoms with E-state index in [2.05, 4.69) is 15.6 Å². The summed E-state index contributed by atoms with van der Waals surface area (Å²) in [5, 5.41) is 5.69. The zero-order chi connectivity index (χ0) is 17.7. The zero-order valence-electron chi connectivity index (χ0n) is 14.5. The zero-order valence-corrected chi connectivity index (χ0v) is 14.5. The molecule has 0 saturated heterocycles. The topological polar surface area (TPSA) is 71.1 Å². The summed E-state index contributed by atoms with van der Waals surface area (Å²) in [6, 6.07) is 8.91. The highest BCUT2D eigenvalue weighted by Crippen LogP contribution is 2.15. The molecule has 5 nitrogen and oxygen atoms in total. The second-order valence-electron chi connectivity index (χ2n) is 5.97. The lowest BCUT2D eigenvalue weighted by Gasteiger charge is -2.11. The maximum Gasteiger partial charge on any atom is 0.270 e. The Balaban J connectivity index is 2.13. The van der Waals surface area contributed by atoms with Crippen LogP contribution in [-0.4, -0.2) is 22.8 Å². The van der Waals surface area contributed by atoms with Crippen molar-refractivity contribution in [2.45, 2.75) is 40.2 Å². The van der Waals surface area contributed by atoms with Gasteiger partial charge in [0.2, 0.25) is 0 Å². The average Bonchev–Trinajstić information content (AvgIpc) is 2.58. The van der Waals surface area contributed by atoms with Gasteiger partial charge in [0, 0.05) is 23.5 Å². The summed E-state index contributed by atoms with van der Waals surface area (Å²) >= 11 is 0. The number of anilines is 1. The summed E-state index contributed by atoms with van der Waals surface area (Å²) in [5.74, 6) is -0.538. The fraction of sp³-hybridized carbons (Fsp3) is 0.316. The average molecular weight is 325 g/mol. The Morgan fingerprint density at radius 1 is 1.08 bits per heavy atom. The molecule has 1 heterocycles. The van der Waals surface area contributed by atoms with Gasteiger partial charge in [-0.1, -0.05) is 13.0 Å². The number of hydrogen-bond donors (Lipinski definition) is 2. The Labute approximate surface area is 142 Å². The molecule has 126 valence electrons. The largest absolute Gasteiger partial charge is 0.348 e. The number of amides is 2. The van der Waals surface area contributed by atoms with Crippen molar-refractivity contribution in [1.29, 1.82) is 0 Å². The van der Waals surface area contributed by atoms with Gasteiger partial charge in [-0.25, -0.2) is 0 Å². The first-order valence-electron chi connectivity index (χ1n) is 8.06. The number of rotatable bonds is 5. The highest BCUT2D eigenvalue weighted by Gasteiger charge is 2.13. The first-order valence-corrected chi connectivity index (χ1v) is 8.06. The first kappa shape index (κ1) is 17.7. The van der Waals surface area contributed by atoms with E-state index in [0.717, 1.165) is 17.7 Å². The Morgan fingerprint density at radius 2 is 1.83 bits per heavy atom. The van der Waals surface area contributed by atoms with Gasteiger partial charge < -0.3 is 10.6 Å². The number of benzene rings is 1. The maximum absolute atomic E-state index is 12.4. The van der Waals surface area contributed by atoms with Gasteiger partial charge in [0.1, 0.15) is 5.69 Å². The molecule has 1 aromatic heterocycles. The van der Waals surface area contributed by atoms with E-state index in [1.54, 1.807) is 6.07 Å². The third kappa shape index (κ3) is 4.41. The summed E-state index contributed by atoms with van der Waals surface area (Å²) in [6.45, 7) is 7.93. The number of nitrogens with one attached hydrogen (secondary N) is 2. The van der Waals surface area contributed by atoms with Crippen LogP contribution in [-0.2, 0) is 0 Å². The lowest BCUT2D eigenvalue weighted by molar-refractivity contribution is 0.0934. The Bertz CT molecular complexity index is 756. The molecule has 5 heteroatoms. The Morgan fingerprint density at radius 3 is 2.50 bits per heavy atom. The van der Waals surface area contributed by atoms with Crippen molar-refractivity contribution < 1.29 is 9.59 Å². The van der Waals surface area contributed by atoms with Crippen molar-refractivity contribution in [3.63, 3.8) is 0 Å². The summed E-state index contributed by atoms with van der Waals surface area (Å²) in [6.07, 6.45) is 2.31. The number of pyridine rings is 1. The predicted octanol–water partition coefficient (Wildman–Crippen LogP) is 3.48. The minimum absolute atomic E-state index is 0.0623. The minimum atomic E-state index is -0.273. The molecule has 2 rings (SSSR count). The molecule has 0 aliphatic carbocycles. The molecule has 1 aromatic carbocycles. The van der Waals surface area contributed by atoms with Crippen molar-refractivity contribution in [2.75, 3.05) is 5.32 Å². The lowest BCUT2D eigenvalue weighted by Crippen LogP contribution is -2.32. The van der Waals surface area contributed by atoms with Gasteiger partial charge in [-0.2, -0.15) is 0 Å². The number of aromatic nitrogens is 1. The van der Waals surface area contributed by atoms with Crippen LogP contribution in [0.15, 0.2) is 36.5 Å². The predicted molar refractivity (Wildman–Crippen MR) is 95.3 cm³/mol. The van der Waals surface area contributed by atoms with E-state index in [0.29, 0.717) is 5.56 Å². The first-order chi connectivity index (χ1) is 11.4. The molecule has 0 aliphatic heterocycles. The van der Waals surface area contributed by atoms with Gasteiger partial charge in [0.25, 0.3) is 11.8 Å². The molecule has 2 aromatic rings.